The normalized spacial score (nSPS) is 19.6. The van der Waals surface area contributed by atoms with Gasteiger partial charge in [0.2, 0.25) is 0 Å². The van der Waals surface area contributed by atoms with E-state index < -0.39 is 9.84 Å². The van der Waals surface area contributed by atoms with Crippen LogP contribution in [-0.2, 0) is 9.84 Å². The zero-order valence-electron chi connectivity index (χ0n) is 11.6. The summed E-state index contributed by atoms with van der Waals surface area (Å²) in [4.78, 5) is 2.36. The quantitative estimate of drug-likeness (QED) is 0.926. The molecule has 2 N–H and O–H groups in total. The molecule has 1 aromatic rings. The van der Waals surface area contributed by atoms with Crippen LogP contribution in [0.15, 0.2) is 4.90 Å². The molecule has 0 bridgehead atoms. The van der Waals surface area contributed by atoms with Gasteiger partial charge in [0.05, 0.1) is 5.75 Å². The molecule has 108 valence electrons. The van der Waals surface area contributed by atoms with Gasteiger partial charge in [0.15, 0.2) is 15.7 Å². The third-order valence-electron chi connectivity index (χ3n) is 3.54. The van der Waals surface area contributed by atoms with Crippen LogP contribution < -0.4 is 10.6 Å². The maximum absolute atomic E-state index is 12.2. The van der Waals surface area contributed by atoms with Crippen LogP contribution in [0.1, 0.15) is 33.6 Å². The van der Waals surface area contributed by atoms with Crippen molar-refractivity contribution in [3.05, 3.63) is 0 Å². The van der Waals surface area contributed by atoms with Gasteiger partial charge in [-0.2, -0.15) is 4.37 Å². The van der Waals surface area contributed by atoms with Crippen molar-refractivity contribution in [2.45, 2.75) is 38.5 Å². The summed E-state index contributed by atoms with van der Waals surface area (Å²) in [5.74, 6) is 0.199. The molecule has 7 heteroatoms. The Bertz CT molecular complexity index is 564. The fraction of sp³-hybridized carbons (Fsp3) is 0.750. The maximum atomic E-state index is 12.2. The number of hydrogen-bond acceptors (Lipinski definition) is 6. The third-order valence-corrected chi connectivity index (χ3v) is 6.37. The van der Waals surface area contributed by atoms with Crippen molar-refractivity contribution in [2.75, 3.05) is 29.5 Å². The van der Waals surface area contributed by atoms with Crippen molar-refractivity contribution in [2.24, 2.45) is 5.41 Å². The number of nitrogens with two attached hydrogens (primary N) is 1. The molecule has 2 rings (SSSR count). The molecule has 0 atom stereocenters. The van der Waals surface area contributed by atoms with E-state index in [0.717, 1.165) is 25.9 Å². The Morgan fingerprint density at radius 3 is 2.74 bits per heavy atom. The average Bonchev–Trinajstić information content (AvgIpc) is 2.70. The van der Waals surface area contributed by atoms with Crippen LogP contribution in [-0.4, -0.2) is 31.6 Å². The van der Waals surface area contributed by atoms with E-state index in [0.29, 0.717) is 5.00 Å². The Hall–Kier alpha value is -0.820. The SMILES string of the molecule is CCS(=O)(=O)c1c(N)nsc1N1CCCC(C)(C)C1. The van der Waals surface area contributed by atoms with E-state index in [2.05, 4.69) is 23.1 Å². The number of anilines is 2. The summed E-state index contributed by atoms with van der Waals surface area (Å²) >= 11 is 1.20. The molecule has 2 heterocycles. The van der Waals surface area contributed by atoms with Crippen molar-refractivity contribution in [1.82, 2.24) is 4.37 Å². The Balaban J connectivity index is 2.42. The van der Waals surface area contributed by atoms with E-state index in [1.807, 2.05) is 0 Å². The van der Waals surface area contributed by atoms with E-state index in [9.17, 15) is 8.42 Å². The molecule has 5 nitrogen and oxygen atoms in total. The van der Waals surface area contributed by atoms with E-state index in [4.69, 9.17) is 5.73 Å². The second kappa shape index (κ2) is 4.94. The van der Waals surface area contributed by atoms with Crippen LogP contribution in [0.2, 0.25) is 0 Å². The smallest absolute Gasteiger partial charge is 0.184 e. The van der Waals surface area contributed by atoms with Crippen molar-refractivity contribution in [3.63, 3.8) is 0 Å². The fourth-order valence-electron chi connectivity index (χ4n) is 2.52. The van der Waals surface area contributed by atoms with E-state index in [1.54, 1.807) is 6.92 Å². The van der Waals surface area contributed by atoms with Gasteiger partial charge in [0.1, 0.15) is 9.90 Å². The minimum absolute atomic E-state index is 0.0554. The van der Waals surface area contributed by atoms with Crippen LogP contribution in [0.4, 0.5) is 10.8 Å². The molecule has 1 aromatic heterocycles. The topological polar surface area (TPSA) is 76.3 Å². The first-order valence-electron chi connectivity index (χ1n) is 6.50. The molecule has 0 unspecified atom stereocenters. The average molecular weight is 303 g/mol. The standard InChI is InChI=1S/C12H21N3O2S2/c1-4-19(16,17)9-10(13)14-18-11(9)15-7-5-6-12(2,3)8-15/h4-8H2,1-3H3,(H2,13,14). The van der Waals surface area contributed by atoms with Crippen LogP contribution in [0.25, 0.3) is 0 Å². The molecule has 1 fully saturated rings. The van der Waals surface area contributed by atoms with Gasteiger partial charge in [-0.1, -0.05) is 20.8 Å². The first-order chi connectivity index (χ1) is 8.77. The highest BCUT2D eigenvalue weighted by Crippen LogP contribution is 2.39. The second-order valence-electron chi connectivity index (χ2n) is 5.79. The first-order valence-corrected chi connectivity index (χ1v) is 8.92. The molecule has 0 aromatic carbocycles. The number of rotatable bonds is 3. The largest absolute Gasteiger partial charge is 0.382 e. The third kappa shape index (κ3) is 2.86. The van der Waals surface area contributed by atoms with Gasteiger partial charge in [-0.25, -0.2) is 8.42 Å². The van der Waals surface area contributed by atoms with Crippen LogP contribution >= 0.6 is 11.5 Å². The lowest BCUT2D eigenvalue weighted by Crippen LogP contribution is -2.40. The molecule has 0 amide bonds. The van der Waals surface area contributed by atoms with Crippen LogP contribution in [0.3, 0.4) is 0 Å². The Morgan fingerprint density at radius 1 is 1.47 bits per heavy atom. The van der Waals surface area contributed by atoms with Crippen molar-refractivity contribution in [1.29, 1.82) is 0 Å². The van der Waals surface area contributed by atoms with Crippen molar-refractivity contribution in [3.8, 4) is 0 Å². The summed E-state index contributed by atoms with van der Waals surface area (Å²) in [6.45, 7) is 7.77. The predicted octanol–water partition coefficient (Wildman–Crippen LogP) is 2.15. The summed E-state index contributed by atoms with van der Waals surface area (Å²) < 4.78 is 28.4. The highest BCUT2D eigenvalue weighted by molar-refractivity contribution is 7.91. The van der Waals surface area contributed by atoms with Crippen molar-refractivity contribution < 1.29 is 8.42 Å². The number of hydrogen-bond donors (Lipinski definition) is 1. The second-order valence-corrected chi connectivity index (χ2v) is 8.76. The lowest BCUT2D eigenvalue weighted by Gasteiger charge is -2.38. The molecule has 19 heavy (non-hydrogen) atoms. The number of piperidine rings is 1. The molecule has 1 saturated heterocycles. The Labute approximate surface area is 118 Å². The highest BCUT2D eigenvalue weighted by Gasteiger charge is 2.32. The fourth-order valence-corrected chi connectivity index (χ4v) is 4.85. The molecule has 1 aliphatic heterocycles. The molecule has 0 aliphatic carbocycles. The molecule has 1 aliphatic rings. The van der Waals surface area contributed by atoms with Gasteiger partial charge in [-0.15, -0.1) is 0 Å². The summed E-state index contributed by atoms with van der Waals surface area (Å²) in [5, 5.41) is 0.715. The first kappa shape index (κ1) is 14.6. The lowest BCUT2D eigenvalue weighted by atomic mass is 9.84. The van der Waals surface area contributed by atoms with Gasteiger partial charge < -0.3 is 10.6 Å². The summed E-state index contributed by atoms with van der Waals surface area (Å²) in [7, 11) is -3.32. The monoisotopic (exact) mass is 303 g/mol. The minimum atomic E-state index is -3.32. The molecule has 0 spiro atoms. The number of sulfone groups is 1. The molecule has 0 saturated carbocycles. The van der Waals surface area contributed by atoms with E-state index in [-0.39, 0.29) is 21.9 Å². The van der Waals surface area contributed by atoms with Gasteiger partial charge in [-0.05, 0) is 29.8 Å². The number of aromatic nitrogens is 1. The van der Waals surface area contributed by atoms with Gasteiger partial charge >= 0.3 is 0 Å². The molecular formula is C12H21N3O2S2. The van der Waals surface area contributed by atoms with Crippen LogP contribution in [0, 0.1) is 5.41 Å². The number of nitrogens with zero attached hydrogens (tertiary/aromatic N) is 2. The Kier molecular flexibility index (Phi) is 3.79. The van der Waals surface area contributed by atoms with E-state index >= 15 is 0 Å². The predicted molar refractivity (Wildman–Crippen MR) is 79.5 cm³/mol. The zero-order chi connectivity index (χ0) is 14.3. The lowest BCUT2D eigenvalue weighted by molar-refractivity contribution is 0.293. The molecular weight excluding hydrogens is 282 g/mol. The van der Waals surface area contributed by atoms with Gasteiger partial charge in [0.25, 0.3) is 0 Å². The zero-order valence-corrected chi connectivity index (χ0v) is 13.3. The van der Waals surface area contributed by atoms with Gasteiger partial charge in [-0.3, -0.25) is 0 Å². The number of nitrogen functional groups attached to an aromatic ring is 1. The molecule has 0 radical (unpaired) electrons. The highest BCUT2D eigenvalue weighted by atomic mass is 32.2. The van der Waals surface area contributed by atoms with E-state index in [1.165, 1.54) is 11.5 Å². The Morgan fingerprint density at radius 2 is 2.16 bits per heavy atom. The van der Waals surface area contributed by atoms with Crippen molar-refractivity contribution >= 4 is 32.2 Å². The van der Waals surface area contributed by atoms with Crippen LogP contribution in [0.5, 0.6) is 0 Å². The maximum Gasteiger partial charge on any atom is 0.184 e. The van der Waals surface area contributed by atoms with Gasteiger partial charge in [0, 0.05) is 13.1 Å². The minimum Gasteiger partial charge on any atom is -0.382 e. The summed E-state index contributed by atoms with van der Waals surface area (Å²) in [6, 6.07) is 0. The summed E-state index contributed by atoms with van der Waals surface area (Å²) in [5.41, 5.74) is 5.97. The summed E-state index contributed by atoms with van der Waals surface area (Å²) in [6.07, 6.45) is 2.23.